The fourth-order valence-corrected chi connectivity index (χ4v) is 3.39. The number of benzene rings is 1. The van der Waals surface area contributed by atoms with Crippen LogP contribution in [0.1, 0.15) is 33.6 Å². The Kier molecular flexibility index (Phi) is 5.95. The number of halogens is 1. The Labute approximate surface area is 172 Å². The number of piperidine rings is 1. The summed E-state index contributed by atoms with van der Waals surface area (Å²) in [5, 5.41) is 11.2. The van der Waals surface area contributed by atoms with E-state index in [-0.39, 0.29) is 18.1 Å². The van der Waals surface area contributed by atoms with Gasteiger partial charge in [-0.05, 0) is 42.8 Å². The molecule has 0 unspecified atom stereocenters. The van der Waals surface area contributed by atoms with Gasteiger partial charge in [-0.25, -0.2) is 19.8 Å². The van der Waals surface area contributed by atoms with E-state index in [9.17, 15) is 10.0 Å². The monoisotopic (exact) mass is 452 g/mol. The Hall–Kier alpha value is -2.13. The average molecular weight is 453 g/mol. The Morgan fingerprint density at radius 1 is 1.32 bits per heavy atom. The minimum atomic E-state index is -0.496. The number of fused-ring (bicyclic) bond motifs is 1. The zero-order valence-electron chi connectivity index (χ0n) is 16.5. The molecule has 1 N–H and O–H groups in total. The van der Waals surface area contributed by atoms with Crippen LogP contribution in [0.25, 0.3) is 10.9 Å². The molecule has 2 aromatic rings. The van der Waals surface area contributed by atoms with Crippen molar-refractivity contribution in [1.29, 1.82) is 0 Å². The van der Waals surface area contributed by atoms with Crippen LogP contribution in [0.4, 0.5) is 10.7 Å². The number of rotatable bonds is 3. The molecule has 0 saturated carbocycles. The lowest BCUT2D eigenvalue weighted by molar-refractivity contribution is 0.0126. The van der Waals surface area contributed by atoms with Gasteiger partial charge in [-0.3, -0.25) is 5.21 Å². The molecule has 1 fully saturated rings. The van der Waals surface area contributed by atoms with Gasteiger partial charge in [0.05, 0.1) is 9.99 Å². The van der Waals surface area contributed by atoms with E-state index in [1.807, 2.05) is 32.9 Å². The number of carbonyl (C=O) groups is 1. The molecule has 1 aliphatic rings. The molecule has 3 rings (SSSR count). The van der Waals surface area contributed by atoms with Crippen molar-refractivity contribution >= 4 is 38.9 Å². The quantitative estimate of drug-likeness (QED) is 0.703. The molecular weight excluding hydrogens is 428 g/mol. The molecule has 1 saturated heterocycles. The van der Waals surface area contributed by atoms with Gasteiger partial charge in [-0.2, -0.15) is 0 Å². The summed E-state index contributed by atoms with van der Waals surface area (Å²) >= 11 is 3.53. The van der Waals surface area contributed by atoms with Gasteiger partial charge in [0.15, 0.2) is 0 Å². The summed E-state index contributed by atoms with van der Waals surface area (Å²) in [7, 11) is 1.47. The molecule has 152 valence electrons. The zero-order chi connectivity index (χ0) is 20.5. The van der Waals surface area contributed by atoms with E-state index in [0.717, 1.165) is 27.8 Å². The predicted molar refractivity (Wildman–Crippen MR) is 109 cm³/mol. The third-order valence-electron chi connectivity index (χ3n) is 4.30. The molecule has 2 heterocycles. The van der Waals surface area contributed by atoms with Crippen LogP contribution in [0.3, 0.4) is 0 Å². The summed E-state index contributed by atoms with van der Waals surface area (Å²) < 4.78 is 12.4. The first-order valence-electron chi connectivity index (χ1n) is 9.16. The Morgan fingerprint density at radius 3 is 2.61 bits per heavy atom. The summed E-state index contributed by atoms with van der Waals surface area (Å²) in [5.74, 6) is 0.889. The first kappa shape index (κ1) is 20.6. The van der Waals surface area contributed by atoms with Gasteiger partial charge < -0.3 is 14.4 Å². The highest BCUT2D eigenvalue weighted by atomic mass is 79.9. The van der Waals surface area contributed by atoms with Crippen molar-refractivity contribution in [3.63, 3.8) is 0 Å². The van der Waals surface area contributed by atoms with Gasteiger partial charge in [-0.1, -0.05) is 0 Å². The lowest BCUT2D eigenvalue weighted by Crippen LogP contribution is -2.44. The fraction of sp³-hybridized carbons (Fsp3) is 0.526. The number of hydroxylamine groups is 1. The van der Waals surface area contributed by atoms with Gasteiger partial charge in [0.25, 0.3) is 0 Å². The van der Waals surface area contributed by atoms with Crippen LogP contribution in [-0.2, 0) is 4.74 Å². The standard InChI is InChI=1S/C19H25BrN4O4/c1-19(2,3)28-18(25)24-7-5-13(6-8-24)27-16-10-15-12(9-14(16)20)11-21-17(22-15)23(4)26/h9-11,13,26H,5-8H2,1-4H3. The summed E-state index contributed by atoms with van der Waals surface area (Å²) in [6.07, 6.45) is 2.80. The van der Waals surface area contributed by atoms with Crippen LogP contribution in [-0.4, -0.2) is 58.0 Å². The molecule has 1 amide bonds. The van der Waals surface area contributed by atoms with Crippen molar-refractivity contribution in [1.82, 2.24) is 14.9 Å². The number of ether oxygens (including phenoxy) is 2. The second-order valence-electron chi connectivity index (χ2n) is 7.82. The summed E-state index contributed by atoms with van der Waals surface area (Å²) in [6.45, 7) is 6.77. The Bertz CT molecular complexity index is 861. The number of anilines is 1. The third kappa shape index (κ3) is 5.02. The zero-order valence-corrected chi connectivity index (χ0v) is 18.1. The molecule has 0 bridgehead atoms. The number of hydrogen-bond donors (Lipinski definition) is 1. The van der Waals surface area contributed by atoms with E-state index < -0.39 is 5.60 Å². The van der Waals surface area contributed by atoms with Gasteiger partial charge in [-0.15, -0.1) is 0 Å². The molecule has 0 radical (unpaired) electrons. The summed E-state index contributed by atoms with van der Waals surface area (Å²) in [6, 6.07) is 3.72. The molecule has 8 nitrogen and oxygen atoms in total. The minimum Gasteiger partial charge on any atom is -0.489 e. The van der Waals surface area contributed by atoms with Crippen LogP contribution < -0.4 is 9.80 Å². The number of aromatic nitrogens is 2. The summed E-state index contributed by atoms with van der Waals surface area (Å²) in [5.41, 5.74) is 0.180. The lowest BCUT2D eigenvalue weighted by atomic mass is 10.1. The molecule has 9 heteroatoms. The first-order chi connectivity index (χ1) is 13.1. The van der Waals surface area contributed by atoms with E-state index in [2.05, 4.69) is 25.9 Å². The SMILES string of the molecule is CN(O)c1ncc2cc(Br)c(OC3CCN(C(=O)OC(C)(C)C)CC3)cc2n1. The largest absolute Gasteiger partial charge is 0.489 e. The fourth-order valence-electron chi connectivity index (χ4n) is 2.93. The number of carbonyl (C=O) groups excluding carboxylic acids is 1. The maximum absolute atomic E-state index is 12.2. The van der Waals surface area contributed by atoms with Crippen molar-refractivity contribution < 1.29 is 19.5 Å². The topological polar surface area (TPSA) is 88.0 Å². The molecule has 0 aliphatic carbocycles. The second-order valence-corrected chi connectivity index (χ2v) is 8.67. The number of likely N-dealkylation sites (tertiary alicyclic amines) is 1. The third-order valence-corrected chi connectivity index (χ3v) is 4.92. The molecule has 0 spiro atoms. The molecular formula is C19H25BrN4O4. The maximum Gasteiger partial charge on any atom is 0.410 e. The van der Waals surface area contributed by atoms with Gasteiger partial charge in [0, 0.05) is 50.6 Å². The van der Waals surface area contributed by atoms with Crippen LogP contribution in [0.2, 0.25) is 0 Å². The molecule has 1 aromatic heterocycles. The van der Waals surface area contributed by atoms with Crippen LogP contribution >= 0.6 is 15.9 Å². The average Bonchev–Trinajstić information content (AvgIpc) is 2.61. The van der Waals surface area contributed by atoms with Gasteiger partial charge in [0.2, 0.25) is 5.95 Å². The Balaban J connectivity index is 1.66. The predicted octanol–water partition coefficient (Wildman–Crippen LogP) is 4.00. The normalized spacial score (nSPS) is 15.6. The Morgan fingerprint density at radius 2 is 2.00 bits per heavy atom. The van der Waals surface area contributed by atoms with Crippen LogP contribution in [0, 0.1) is 0 Å². The lowest BCUT2D eigenvalue weighted by Gasteiger charge is -2.33. The van der Waals surface area contributed by atoms with Crippen molar-refractivity contribution in [2.24, 2.45) is 0 Å². The summed E-state index contributed by atoms with van der Waals surface area (Å²) in [4.78, 5) is 22.3. The second kappa shape index (κ2) is 8.08. The van der Waals surface area contributed by atoms with E-state index in [1.165, 1.54) is 7.05 Å². The number of amides is 1. The van der Waals surface area contributed by atoms with Crippen molar-refractivity contribution in [2.75, 3.05) is 25.2 Å². The van der Waals surface area contributed by atoms with Crippen molar-refractivity contribution in [3.05, 3.63) is 22.8 Å². The van der Waals surface area contributed by atoms with Crippen LogP contribution in [0.15, 0.2) is 22.8 Å². The highest BCUT2D eigenvalue weighted by molar-refractivity contribution is 9.10. The highest BCUT2D eigenvalue weighted by Gasteiger charge is 2.28. The number of nitrogens with zero attached hydrogens (tertiary/aromatic N) is 4. The maximum atomic E-state index is 12.2. The molecule has 28 heavy (non-hydrogen) atoms. The van der Waals surface area contributed by atoms with E-state index >= 15 is 0 Å². The van der Waals surface area contributed by atoms with Crippen molar-refractivity contribution in [2.45, 2.75) is 45.3 Å². The van der Waals surface area contributed by atoms with E-state index in [0.29, 0.717) is 24.4 Å². The van der Waals surface area contributed by atoms with E-state index in [4.69, 9.17) is 9.47 Å². The molecule has 0 atom stereocenters. The van der Waals surface area contributed by atoms with Crippen molar-refractivity contribution in [3.8, 4) is 5.75 Å². The number of hydrogen-bond acceptors (Lipinski definition) is 7. The smallest absolute Gasteiger partial charge is 0.410 e. The first-order valence-corrected chi connectivity index (χ1v) is 9.95. The van der Waals surface area contributed by atoms with E-state index in [1.54, 1.807) is 11.1 Å². The molecule has 1 aliphatic heterocycles. The van der Waals surface area contributed by atoms with Gasteiger partial charge in [0.1, 0.15) is 17.5 Å². The minimum absolute atomic E-state index is 0.00531. The highest BCUT2D eigenvalue weighted by Crippen LogP contribution is 2.32. The van der Waals surface area contributed by atoms with Crippen LogP contribution in [0.5, 0.6) is 5.75 Å². The van der Waals surface area contributed by atoms with Gasteiger partial charge >= 0.3 is 6.09 Å². The molecule has 1 aromatic carbocycles.